The Hall–Kier alpha value is -2.93. The number of carbonyl (C=O) groups excluding carboxylic acids is 1. The van der Waals surface area contributed by atoms with Gasteiger partial charge in [-0.1, -0.05) is 18.5 Å². The summed E-state index contributed by atoms with van der Waals surface area (Å²) in [5, 5.41) is 14.6. The van der Waals surface area contributed by atoms with Crippen LogP contribution in [0.25, 0.3) is 11.0 Å². The molecule has 29 heavy (non-hydrogen) atoms. The first-order valence-corrected chi connectivity index (χ1v) is 9.94. The van der Waals surface area contributed by atoms with Crippen LogP contribution < -0.4 is 4.90 Å². The number of phenols is 1. The Kier molecular flexibility index (Phi) is 5.49. The number of ketones is 1. The molecule has 6 nitrogen and oxygen atoms in total. The van der Waals surface area contributed by atoms with Gasteiger partial charge in [0.2, 0.25) is 0 Å². The summed E-state index contributed by atoms with van der Waals surface area (Å²) in [6.07, 6.45) is 1.66. The van der Waals surface area contributed by atoms with Crippen LogP contribution in [-0.2, 0) is 0 Å². The highest BCUT2D eigenvalue weighted by atomic mass is 19.1. The second-order valence-electron chi connectivity index (χ2n) is 7.39. The summed E-state index contributed by atoms with van der Waals surface area (Å²) < 4.78 is 18.6. The number of aromatic hydroxyl groups is 1. The van der Waals surface area contributed by atoms with Crippen molar-refractivity contribution >= 4 is 22.6 Å². The first-order chi connectivity index (χ1) is 14.1. The van der Waals surface area contributed by atoms with Crippen molar-refractivity contribution in [3.8, 4) is 5.75 Å². The topological polar surface area (TPSA) is 69.8 Å². The van der Waals surface area contributed by atoms with Crippen molar-refractivity contribution in [2.24, 2.45) is 0 Å². The maximum absolute atomic E-state index is 13.2. The van der Waals surface area contributed by atoms with Crippen molar-refractivity contribution in [1.29, 1.82) is 0 Å². The van der Waals surface area contributed by atoms with Crippen molar-refractivity contribution in [3.05, 3.63) is 53.8 Å². The second-order valence-corrected chi connectivity index (χ2v) is 7.39. The average Bonchev–Trinajstić information content (AvgIpc) is 3.15. The Morgan fingerprint density at radius 3 is 2.59 bits per heavy atom. The van der Waals surface area contributed by atoms with Gasteiger partial charge in [-0.3, -0.25) is 9.69 Å². The van der Waals surface area contributed by atoms with E-state index in [4.69, 9.17) is 4.52 Å². The lowest BCUT2D eigenvalue weighted by Gasteiger charge is -2.38. The number of carbonyl (C=O) groups is 1. The lowest BCUT2D eigenvalue weighted by molar-refractivity contribution is 0.0792. The molecule has 3 aromatic rings. The molecule has 0 aliphatic carbocycles. The smallest absolute Gasteiger partial charge is 0.180 e. The first-order valence-electron chi connectivity index (χ1n) is 9.94. The molecule has 1 fully saturated rings. The molecular weight excluding hydrogens is 373 g/mol. The van der Waals surface area contributed by atoms with Gasteiger partial charge in [0.05, 0.1) is 11.4 Å². The molecule has 1 N–H and O–H groups in total. The molecule has 0 amide bonds. The van der Waals surface area contributed by atoms with Crippen LogP contribution in [0.5, 0.6) is 5.75 Å². The van der Waals surface area contributed by atoms with Gasteiger partial charge in [-0.15, -0.1) is 0 Å². The van der Waals surface area contributed by atoms with Gasteiger partial charge >= 0.3 is 0 Å². The van der Waals surface area contributed by atoms with Gasteiger partial charge in [-0.05, 0) is 42.8 Å². The summed E-state index contributed by atoms with van der Waals surface area (Å²) in [5.41, 5.74) is 1.10. The fourth-order valence-corrected chi connectivity index (χ4v) is 3.95. The van der Waals surface area contributed by atoms with Gasteiger partial charge in [-0.25, -0.2) is 4.39 Å². The van der Waals surface area contributed by atoms with Crippen LogP contribution >= 0.6 is 0 Å². The molecule has 0 radical (unpaired) electrons. The zero-order valence-corrected chi connectivity index (χ0v) is 16.3. The van der Waals surface area contributed by atoms with Gasteiger partial charge in [0.15, 0.2) is 17.2 Å². The number of nitrogens with zero attached hydrogens (tertiary/aromatic N) is 3. The summed E-state index contributed by atoms with van der Waals surface area (Å²) in [7, 11) is 0. The first kappa shape index (κ1) is 19.4. The summed E-state index contributed by atoms with van der Waals surface area (Å²) in [5.74, 6) is 0.612. The molecule has 2 aromatic carbocycles. The third kappa shape index (κ3) is 3.96. The number of piperazine rings is 1. The minimum atomic E-state index is -0.338. The van der Waals surface area contributed by atoms with E-state index in [1.807, 2.05) is 0 Å². The number of phenolic OH excluding ortho intramolecular Hbond substituents is 1. The highest BCUT2D eigenvalue weighted by Gasteiger charge is 2.30. The van der Waals surface area contributed by atoms with Gasteiger partial charge in [-0.2, -0.15) is 0 Å². The Labute approximate surface area is 168 Å². The highest BCUT2D eigenvalue weighted by Crippen LogP contribution is 2.30. The molecule has 152 valence electrons. The van der Waals surface area contributed by atoms with Crippen LogP contribution in [-0.4, -0.2) is 53.2 Å². The molecule has 4 rings (SSSR count). The Bertz CT molecular complexity index is 994. The van der Waals surface area contributed by atoms with E-state index in [2.05, 4.69) is 21.9 Å². The molecule has 1 atom stereocenters. The number of Topliss-reactive ketones (excluding diaryl/α,β-unsaturated/α-hetero) is 1. The van der Waals surface area contributed by atoms with Crippen molar-refractivity contribution in [1.82, 2.24) is 10.1 Å². The summed E-state index contributed by atoms with van der Waals surface area (Å²) in [6.45, 7) is 4.96. The van der Waals surface area contributed by atoms with Gasteiger partial charge in [0.1, 0.15) is 11.6 Å². The number of aromatic nitrogens is 1. The quantitative estimate of drug-likeness (QED) is 0.637. The van der Waals surface area contributed by atoms with E-state index in [0.717, 1.165) is 50.2 Å². The Morgan fingerprint density at radius 2 is 1.90 bits per heavy atom. The molecule has 0 bridgehead atoms. The van der Waals surface area contributed by atoms with Crippen LogP contribution in [0.4, 0.5) is 10.2 Å². The molecule has 1 aromatic heterocycles. The summed E-state index contributed by atoms with van der Waals surface area (Å²) >= 11 is 0. The fourth-order valence-electron chi connectivity index (χ4n) is 3.95. The second kappa shape index (κ2) is 8.21. The maximum atomic E-state index is 13.2. The zero-order valence-electron chi connectivity index (χ0n) is 16.3. The molecule has 1 aliphatic heterocycles. The van der Waals surface area contributed by atoms with E-state index in [0.29, 0.717) is 11.1 Å². The minimum Gasteiger partial charge on any atom is -0.508 e. The number of benzene rings is 2. The van der Waals surface area contributed by atoms with E-state index >= 15 is 0 Å². The van der Waals surface area contributed by atoms with Crippen molar-refractivity contribution in [2.75, 3.05) is 31.1 Å². The third-order valence-corrected chi connectivity index (χ3v) is 5.48. The number of fused-ring (bicyclic) bond motifs is 1. The molecule has 7 heteroatoms. The summed E-state index contributed by atoms with van der Waals surface area (Å²) in [6, 6.07) is 10.6. The minimum absolute atomic E-state index is 0.0441. The van der Waals surface area contributed by atoms with E-state index in [1.54, 1.807) is 30.3 Å². The molecule has 1 unspecified atom stereocenters. The monoisotopic (exact) mass is 397 g/mol. The van der Waals surface area contributed by atoms with Crippen LogP contribution in [0.15, 0.2) is 47.0 Å². The maximum Gasteiger partial charge on any atom is 0.180 e. The van der Waals surface area contributed by atoms with E-state index in [-0.39, 0.29) is 23.4 Å². The fraction of sp³-hybridized carbons (Fsp3) is 0.364. The van der Waals surface area contributed by atoms with Crippen molar-refractivity contribution in [2.45, 2.75) is 25.8 Å². The molecule has 1 aliphatic rings. The molecule has 2 heterocycles. The summed E-state index contributed by atoms with van der Waals surface area (Å²) in [4.78, 5) is 17.4. The Balaban J connectivity index is 1.47. The predicted octanol–water partition coefficient (Wildman–Crippen LogP) is 3.85. The number of hydrogen-bond acceptors (Lipinski definition) is 6. The number of rotatable bonds is 6. The molecule has 1 saturated heterocycles. The zero-order chi connectivity index (χ0) is 20.4. The average molecular weight is 397 g/mol. The van der Waals surface area contributed by atoms with E-state index < -0.39 is 0 Å². The van der Waals surface area contributed by atoms with Crippen LogP contribution in [0.1, 0.15) is 30.1 Å². The standard InChI is InChI=1S/C22H24FN3O3/c1-2-3-19(21(28)15-4-6-16(23)7-5-15)25-10-12-26(13-11-25)22-18-9-8-17(27)14-20(18)29-24-22/h4-9,14,19,27H,2-3,10-13H2,1H3. The van der Waals surface area contributed by atoms with Crippen LogP contribution in [0.3, 0.4) is 0 Å². The van der Waals surface area contributed by atoms with Crippen LogP contribution in [0, 0.1) is 5.82 Å². The van der Waals surface area contributed by atoms with Crippen LogP contribution in [0.2, 0.25) is 0 Å². The third-order valence-electron chi connectivity index (χ3n) is 5.48. The predicted molar refractivity (Wildman–Crippen MR) is 109 cm³/mol. The van der Waals surface area contributed by atoms with Gasteiger partial charge in [0.25, 0.3) is 0 Å². The molecule has 0 spiro atoms. The normalized spacial score (nSPS) is 16.3. The lowest BCUT2D eigenvalue weighted by atomic mass is 9.98. The lowest BCUT2D eigenvalue weighted by Crippen LogP contribution is -2.52. The number of halogens is 1. The Morgan fingerprint density at radius 1 is 1.17 bits per heavy atom. The molecule has 0 saturated carbocycles. The van der Waals surface area contributed by atoms with Crippen molar-refractivity contribution in [3.63, 3.8) is 0 Å². The van der Waals surface area contributed by atoms with Gasteiger partial charge < -0.3 is 14.5 Å². The number of hydrogen-bond donors (Lipinski definition) is 1. The van der Waals surface area contributed by atoms with E-state index in [1.165, 1.54) is 12.1 Å². The molecular formula is C22H24FN3O3. The highest BCUT2D eigenvalue weighted by molar-refractivity contribution is 6.00. The van der Waals surface area contributed by atoms with Gasteiger partial charge in [0, 0.05) is 37.8 Å². The van der Waals surface area contributed by atoms with E-state index in [9.17, 15) is 14.3 Å². The largest absolute Gasteiger partial charge is 0.508 e. The van der Waals surface area contributed by atoms with Crippen molar-refractivity contribution < 1.29 is 18.8 Å². The SMILES string of the molecule is CCCC(C(=O)c1ccc(F)cc1)N1CCN(c2noc3cc(O)ccc23)CC1. The number of anilines is 1.